The van der Waals surface area contributed by atoms with Crippen molar-refractivity contribution in [3.63, 3.8) is 0 Å². The molecule has 0 spiro atoms. The number of thiophene rings is 1. The van der Waals surface area contributed by atoms with Crippen LogP contribution in [-0.2, 0) is 0 Å². The molecule has 3 rings (SSSR count). The molecule has 1 aliphatic rings. The van der Waals surface area contributed by atoms with Crippen LogP contribution in [0.1, 0.15) is 23.0 Å². The van der Waals surface area contributed by atoms with E-state index >= 15 is 0 Å². The van der Waals surface area contributed by atoms with Crippen molar-refractivity contribution in [2.45, 2.75) is 19.4 Å². The molecule has 1 aromatic heterocycles. The quantitative estimate of drug-likeness (QED) is 0.895. The Morgan fingerprint density at radius 3 is 3.05 bits per heavy atom. The van der Waals surface area contributed by atoms with Crippen LogP contribution in [0, 0.1) is 11.7 Å². The van der Waals surface area contributed by atoms with E-state index in [1.54, 1.807) is 11.0 Å². The molecule has 1 fully saturated rings. The van der Waals surface area contributed by atoms with E-state index in [0.29, 0.717) is 22.5 Å². The maximum absolute atomic E-state index is 13.3. The van der Waals surface area contributed by atoms with Gasteiger partial charge in [-0.05, 0) is 30.5 Å². The van der Waals surface area contributed by atoms with E-state index < -0.39 is 0 Å². The Bertz CT molecular complexity index is 700. The molecule has 0 aliphatic carbocycles. The predicted octanol–water partition coefficient (Wildman–Crippen LogP) is 2.47. The number of hydrogen-bond acceptors (Lipinski definition) is 4. The molecule has 21 heavy (non-hydrogen) atoms. The van der Waals surface area contributed by atoms with Crippen LogP contribution in [0.25, 0.3) is 10.1 Å². The van der Waals surface area contributed by atoms with Gasteiger partial charge in [0, 0.05) is 16.6 Å². The van der Waals surface area contributed by atoms with Gasteiger partial charge in [0.2, 0.25) is 0 Å². The Morgan fingerprint density at radius 1 is 1.57 bits per heavy atom. The topological polar surface area (TPSA) is 66.6 Å². The first kappa shape index (κ1) is 14.3. The second-order valence-electron chi connectivity index (χ2n) is 5.50. The number of hydrogen-bond donors (Lipinski definition) is 2. The summed E-state index contributed by atoms with van der Waals surface area (Å²) in [6, 6.07) is 4.19. The van der Waals surface area contributed by atoms with Gasteiger partial charge in [-0.3, -0.25) is 4.79 Å². The molecule has 1 saturated heterocycles. The lowest BCUT2D eigenvalue weighted by atomic mass is 10.0. The smallest absolute Gasteiger partial charge is 0.266 e. The third-order valence-electron chi connectivity index (χ3n) is 4.21. The second-order valence-corrected chi connectivity index (χ2v) is 6.55. The third-order valence-corrected chi connectivity index (χ3v) is 5.39. The zero-order valence-corrected chi connectivity index (χ0v) is 12.5. The number of halogens is 1. The number of aliphatic hydroxyl groups excluding tert-OH is 1. The van der Waals surface area contributed by atoms with E-state index in [4.69, 9.17) is 5.73 Å². The van der Waals surface area contributed by atoms with Crippen molar-refractivity contribution in [2.24, 2.45) is 5.92 Å². The van der Waals surface area contributed by atoms with Gasteiger partial charge in [0.1, 0.15) is 10.7 Å². The van der Waals surface area contributed by atoms with Gasteiger partial charge in [-0.25, -0.2) is 4.39 Å². The van der Waals surface area contributed by atoms with Crippen LogP contribution in [0.15, 0.2) is 18.2 Å². The molecule has 1 aromatic carbocycles. The van der Waals surface area contributed by atoms with Crippen LogP contribution in [0.2, 0.25) is 0 Å². The molecule has 1 amide bonds. The second kappa shape index (κ2) is 5.27. The summed E-state index contributed by atoms with van der Waals surface area (Å²) in [4.78, 5) is 14.8. The van der Waals surface area contributed by atoms with Gasteiger partial charge in [-0.15, -0.1) is 11.3 Å². The van der Waals surface area contributed by atoms with E-state index in [9.17, 15) is 14.3 Å². The molecular formula is C15H17FN2O2S. The maximum atomic E-state index is 13.3. The van der Waals surface area contributed by atoms with Crippen molar-refractivity contribution in [3.8, 4) is 0 Å². The summed E-state index contributed by atoms with van der Waals surface area (Å²) in [6.07, 6.45) is 0.871. The predicted molar refractivity (Wildman–Crippen MR) is 81.9 cm³/mol. The number of nitrogens with two attached hydrogens (primary N) is 1. The number of nitrogens with zero attached hydrogens (tertiary/aromatic N) is 1. The van der Waals surface area contributed by atoms with Crippen LogP contribution < -0.4 is 5.73 Å². The molecule has 2 heterocycles. The van der Waals surface area contributed by atoms with Crippen molar-refractivity contribution in [2.75, 3.05) is 18.9 Å². The van der Waals surface area contributed by atoms with Gasteiger partial charge in [-0.2, -0.15) is 0 Å². The number of carbonyl (C=O) groups excluding carboxylic acids is 1. The first-order chi connectivity index (χ1) is 10.0. The number of anilines is 1. The zero-order valence-electron chi connectivity index (χ0n) is 11.7. The van der Waals surface area contributed by atoms with E-state index in [0.717, 1.165) is 11.1 Å². The number of aliphatic hydroxyl groups is 1. The molecule has 3 N–H and O–H groups in total. The number of fused-ring (bicyclic) bond motifs is 1. The molecule has 2 unspecified atom stereocenters. The van der Waals surface area contributed by atoms with Gasteiger partial charge in [0.25, 0.3) is 5.91 Å². The van der Waals surface area contributed by atoms with E-state index in [-0.39, 0.29) is 30.3 Å². The highest BCUT2D eigenvalue weighted by Gasteiger charge is 2.35. The lowest BCUT2D eigenvalue weighted by Gasteiger charge is -2.24. The fraction of sp³-hybridized carbons (Fsp3) is 0.400. The number of nitrogen functional groups attached to an aromatic ring is 1. The highest BCUT2D eigenvalue weighted by Crippen LogP contribution is 2.36. The fourth-order valence-electron chi connectivity index (χ4n) is 2.92. The Kier molecular flexibility index (Phi) is 3.59. The molecule has 112 valence electrons. The van der Waals surface area contributed by atoms with Crippen molar-refractivity contribution in [1.82, 2.24) is 4.90 Å². The zero-order chi connectivity index (χ0) is 15.1. The minimum absolute atomic E-state index is 0.0493. The van der Waals surface area contributed by atoms with Crippen molar-refractivity contribution < 1.29 is 14.3 Å². The van der Waals surface area contributed by atoms with Crippen molar-refractivity contribution in [1.29, 1.82) is 0 Å². The van der Waals surface area contributed by atoms with Crippen molar-refractivity contribution >= 4 is 33.0 Å². The average molecular weight is 308 g/mol. The van der Waals surface area contributed by atoms with Gasteiger partial charge >= 0.3 is 0 Å². The lowest BCUT2D eigenvalue weighted by Crippen LogP contribution is -2.39. The number of amides is 1. The molecule has 0 radical (unpaired) electrons. The lowest BCUT2D eigenvalue weighted by molar-refractivity contribution is 0.0654. The van der Waals surface area contributed by atoms with Crippen LogP contribution in [-0.4, -0.2) is 35.1 Å². The van der Waals surface area contributed by atoms with E-state index in [1.807, 2.05) is 6.92 Å². The Hall–Kier alpha value is -1.66. The largest absolute Gasteiger partial charge is 0.397 e. The summed E-state index contributed by atoms with van der Waals surface area (Å²) in [5, 5.41) is 10.1. The Labute approximate surface area is 126 Å². The molecule has 0 saturated carbocycles. The molecule has 1 aliphatic heterocycles. The van der Waals surface area contributed by atoms with Gasteiger partial charge in [-0.1, -0.05) is 6.92 Å². The summed E-state index contributed by atoms with van der Waals surface area (Å²) >= 11 is 1.28. The highest BCUT2D eigenvalue weighted by atomic mass is 32.1. The number of rotatable bonds is 2. The van der Waals surface area contributed by atoms with Gasteiger partial charge < -0.3 is 15.7 Å². The van der Waals surface area contributed by atoms with Gasteiger partial charge in [0.15, 0.2) is 0 Å². The monoisotopic (exact) mass is 308 g/mol. The van der Waals surface area contributed by atoms with E-state index in [2.05, 4.69) is 0 Å². The summed E-state index contributed by atoms with van der Waals surface area (Å²) in [7, 11) is 0. The molecule has 2 aromatic rings. The minimum atomic E-state index is -0.367. The standard InChI is InChI=1S/C15H17FN2O2S/c1-8-4-5-18(11(8)7-19)15(20)14-13(17)10-6-9(16)2-3-12(10)21-14/h2-3,6,8,11,19H,4-5,7,17H2,1H3. The Morgan fingerprint density at radius 2 is 2.33 bits per heavy atom. The summed E-state index contributed by atoms with van der Waals surface area (Å²) in [5.74, 6) is -0.265. The summed E-state index contributed by atoms with van der Waals surface area (Å²) < 4.78 is 14.1. The maximum Gasteiger partial charge on any atom is 0.266 e. The summed E-state index contributed by atoms with van der Waals surface area (Å²) in [6.45, 7) is 2.59. The number of carbonyl (C=O) groups is 1. The third kappa shape index (κ3) is 2.28. The van der Waals surface area contributed by atoms with E-state index in [1.165, 1.54) is 23.5 Å². The normalized spacial score (nSPS) is 22.1. The van der Waals surface area contributed by atoms with Crippen LogP contribution in [0.4, 0.5) is 10.1 Å². The minimum Gasteiger partial charge on any atom is -0.397 e. The number of benzene rings is 1. The molecular weight excluding hydrogens is 291 g/mol. The average Bonchev–Trinajstić information content (AvgIpc) is 2.99. The molecule has 4 nitrogen and oxygen atoms in total. The van der Waals surface area contributed by atoms with Gasteiger partial charge in [0.05, 0.1) is 18.3 Å². The summed E-state index contributed by atoms with van der Waals surface area (Å²) in [5.41, 5.74) is 6.36. The fourth-order valence-corrected chi connectivity index (χ4v) is 3.98. The first-order valence-electron chi connectivity index (χ1n) is 6.92. The highest BCUT2D eigenvalue weighted by molar-refractivity contribution is 7.21. The SMILES string of the molecule is CC1CCN(C(=O)c2sc3ccc(F)cc3c2N)C1CO. The first-order valence-corrected chi connectivity index (χ1v) is 7.74. The molecule has 2 atom stereocenters. The van der Waals surface area contributed by atoms with Crippen LogP contribution in [0.5, 0.6) is 0 Å². The van der Waals surface area contributed by atoms with Crippen LogP contribution in [0.3, 0.4) is 0 Å². The molecule has 0 bridgehead atoms. The number of likely N-dealkylation sites (tertiary alicyclic amines) is 1. The van der Waals surface area contributed by atoms with Crippen molar-refractivity contribution in [3.05, 3.63) is 28.9 Å². The Balaban J connectivity index is 2.00. The van der Waals surface area contributed by atoms with Crippen LogP contribution >= 0.6 is 11.3 Å². The molecule has 6 heteroatoms.